The molecule has 1 aliphatic heterocycles. The van der Waals surface area contributed by atoms with Crippen molar-refractivity contribution in [3.05, 3.63) is 107 Å². The number of nitrogens with one attached hydrogen (secondary N) is 5. The predicted molar refractivity (Wildman–Crippen MR) is 219 cm³/mol. The number of esters is 2. The molecule has 1 aliphatic rings. The molecule has 2 aromatic heterocycles. The molecule has 5 aromatic rings. The summed E-state index contributed by atoms with van der Waals surface area (Å²) in [6.45, 7) is 5.21. The monoisotopic (exact) mass is 806 g/mol. The van der Waals surface area contributed by atoms with Crippen LogP contribution in [-0.4, -0.2) is 94.6 Å². The van der Waals surface area contributed by atoms with Crippen LogP contribution in [0.3, 0.4) is 0 Å². The van der Waals surface area contributed by atoms with E-state index in [1.807, 2.05) is 54.6 Å². The van der Waals surface area contributed by atoms with Gasteiger partial charge in [-0.1, -0.05) is 66.7 Å². The van der Waals surface area contributed by atoms with Gasteiger partial charge in [0, 0.05) is 59.4 Å². The van der Waals surface area contributed by atoms with Gasteiger partial charge in [0.1, 0.15) is 29.8 Å². The number of H-pyrrole nitrogens is 2. The first-order valence-corrected chi connectivity index (χ1v) is 19.5. The van der Waals surface area contributed by atoms with Crippen molar-refractivity contribution in [2.24, 2.45) is 0 Å². The fourth-order valence-corrected chi connectivity index (χ4v) is 7.32. The third-order valence-electron chi connectivity index (χ3n) is 10.2. The number of rotatable bonds is 14. The molecule has 3 aromatic carbocycles. The van der Waals surface area contributed by atoms with Gasteiger partial charge in [-0.3, -0.25) is 24.1 Å². The second-order valence-corrected chi connectivity index (χ2v) is 15.5. The fourth-order valence-electron chi connectivity index (χ4n) is 7.32. The Morgan fingerprint density at radius 3 is 2.10 bits per heavy atom. The number of ether oxygens (including phenoxy) is 3. The summed E-state index contributed by atoms with van der Waals surface area (Å²) in [4.78, 5) is 89.8. The van der Waals surface area contributed by atoms with Crippen LogP contribution in [0.25, 0.3) is 21.8 Å². The zero-order valence-corrected chi connectivity index (χ0v) is 33.8. The predicted octanol–water partition coefficient (Wildman–Crippen LogP) is 4.38. The van der Waals surface area contributed by atoms with E-state index < -0.39 is 65.5 Å². The van der Waals surface area contributed by atoms with Crippen molar-refractivity contribution in [3.8, 4) is 0 Å². The number of aromatic amines is 2. The van der Waals surface area contributed by atoms with Crippen molar-refractivity contribution in [2.75, 3.05) is 14.2 Å². The van der Waals surface area contributed by atoms with Crippen molar-refractivity contribution in [1.29, 1.82) is 0 Å². The highest BCUT2D eigenvalue weighted by Crippen LogP contribution is 2.31. The van der Waals surface area contributed by atoms with Crippen molar-refractivity contribution in [2.45, 2.75) is 89.2 Å². The van der Waals surface area contributed by atoms with E-state index in [9.17, 15) is 28.8 Å². The molecule has 0 aliphatic carbocycles. The molecule has 5 N–H and O–H groups in total. The number of hydrogen-bond donors (Lipinski definition) is 5. The van der Waals surface area contributed by atoms with E-state index in [4.69, 9.17) is 14.2 Å². The highest BCUT2D eigenvalue weighted by Gasteiger charge is 2.40. The number of nitrogens with zero attached hydrogens (tertiary/aromatic N) is 1. The maximum atomic E-state index is 14.4. The number of fused-ring (bicyclic) bond motifs is 4. The molecule has 59 heavy (non-hydrogen) atoms. The van der Waals surface area contributed by atoms with E-state index in [2.05, 4.69) is 25.9 Å². The molecule has 15 heteroatoms. The number of carbonyl (C=O) groups excluding carboxylic acids is 6. The molecule has 0 unspecified atom stereocenters. The maximum absolute atomic E-state index is 14.4. The van der Waals surface area contributed by atoms with Crippen molar-refractivity contribution in [1.82, 2.24) is 30.8 Å². The van der Waals surface area contributed by atoms with E-state index in [-0.39, 0.29) is 38.6 Å². The molecule has 0 saturated heterocycles. The van der Waals surface area contributed by atoms with Gasteiger partial charge in [-0.25, -0.2) is 9.59 Å². The first kappa shape index (κ1) is 42.0. The SMILES string of the molecule is COC(=O)CC[C@H](NC(=O)[C@@H]1Cc2c([nH]c3ccccc23)CN1C(=O)OC(C)(C)C)C(=O)N[C@@H](Cc1ccccc1)C(=O)N[C@@H](Cc1c[nH]c2ccccc12)C(=O)OC. The first-order chi connectivity index (χ1) is 28.2. The summed E-state index contributed by atoms with van der Waals surface area (Å²) in [6, 6.07) is 19.3. The van der Waals surface area contributed by atoms with Gasteiger partial charge in [0.25, 0.3) is 0 Å². The lowest BCUT2D eigenvalue weighted by Crippen LogP contribution is -2.59. The van der Waals surface area contributed by atoms with Gasteiger partial charge in [0.15, 0.2) is 0 Å². The number of amides is 4. The zero-order chi connectivity index (χ0) is 42.3. The third kappa shape index (κ3) is 10.3. The minimum Gasteiger partial charge on any atom is -0.469 e. The molecule has 3 heterocycles. The van der Waals surface area contributed by atoms with Crippen LogP contribution in [0.2, 0.25) is 0 Å². The molecule has 4 atom stereocenters. The highest BCUT2D eigenvalue weighted by atomic mass is 16.6. The smallest absolute Gasteiger partial charge is 0.411 e. The van der Waals surface area contributed by atoms with E-state index in [0.717, 1.165) is 38.6 Å². The van der Waals surface area contributed by atoms with Gasteiger partial charge < -0.3 is 40.1 Å². The van der Waals surface area contributed by atoms with Crippen LogP contribution in [0.5, 0.6) is 0 Å². The Kier molecular flexibility index (Phi) is 13.0. The van der Waals surface area contributed by atoms with Crippen LogP contribution < -0.4 is 16.0 Å². The summed E-state index contributed by atoms with van der Waals surface area (Å²) >= 11 is 0. The topological polar surface area (TPSA) is 201 Å². The van der Waals surface area contributed by atoms with Crippen LogP contribution in [0.4, 0.5) is 4.79 Å². The Bertz CT molecular complexity index is 2330. The Balaban J connectivity index is 1.27. The molecule has 310 valence electrons. The Labute approximate surface area is 341 Å². The number of aromatic nitrogens is 2. The number of methoxy groups -OCH3 is 2. The summed E-state index contributed by atoms with van der Waals surface area (Å²) in [7, 11) is 2.44. The van der Waals surface area contributed by atoms with Gasteiger partial charge in [-0.2, -0.15) is 0 Å². The van der Waals surface area contributed by atoms with Crippen molar-refractivity contribution >= 4 is 57.6 Å². The second-order valence-electron chi connectivity index (χ2n) is 15.5. The molecule has 0 spiro atoms. The van der Waals surface area contributed by atoms with Crippen LogP contribution in [0.15, 0.2) is 85.1 Å². The minimum atomic E-state index is -1.35. The summed E-state index contributed by atoms with van der Waals surface area (Å²) < 4.78 is 15.6. The average molecular weight is 807 g/mol. The Morgan fingerprint density at radius 1 is 0.763 bits per heavy atom. The lowest BCUT2D eigenvalue weighted by molar-refractivity contribution is -0.145. The molecule has 6 rings (SSSR count). The second kappa shape index (κ2) is 18.3. The summed E-state index contributed by atoms with van der Waals surface area (Å²) in [5.74, 6) is -3.41. The van der Waals surface area contributed by atoms with Crippen LogP contribution in [0, 0.1) is 0 Å². The molecule has 0 radical (unpaired) electrons. The average Bonchev–Trinajstić information content (AvgIpc) is 3.81. The van der Waals surface area contributed by atoms with E-state index in [1.165, 1.54) is 19.1 Å². The molecule has 15 nitrogen and oxygen atoms in total. The molecule has 0 saturated carbocycles. The molecule has 4 amide bonds. The van der Waals surface area contributed by atoms with Crippen molar-refractivity contribution < 1.29 is 43.0 Å². The molecular formula is C44H50N6O9. The molecule has 0 fully saturated rings. The van der Waals surface area contributed by atoms with Gasteiger partial charge in [0.2, 0.25) is 17.7 Å². The standard InChI is InChI=1S/C44H50N6O9/c1-44(2,3)59-43(56)50-25-36-30(29-16-10-12-18-32(29)46-36)23-37(50)41(54)47-33(19-20-38(51)57-4)39(52)48-34(21-26-13-7-6-8-14-26)40(53)49-35(42(55)58-5)22-27-24-45-31-17-11-9-15-28(27)31/h6-18,24,33-35,37,45-46H,19-23,25H2,1-5H3,(H,47,54)(H,48,52)(H,49,53)/t33-,34-,35-,37-/m0/s1. The van der Waals surface area contributed by atoms with Gasteiger partial charge in [0.05, 0.1) is 20.8 Å². The number of hydrogen-bond acceptors (Lipinski definition) is 9. The first-order valence-electron chi connectivity index (χ1n) is 19.5. The summed E-state index contributed by atoms with van der Waals surface area (Å²) in [5, 5.41) is 10.1. The Hall–Kier alpha value is -6.64. The van der Waals surface area contributed by atoms with Crippen LogP contribution >= 0.6 is 0 Å². The largest absolute Gasteiger partial charge is 0.469 e. The molecule has 0 bridgehead atoms. The van der Waals surface area contributed by atoms with Gasteiger partial charge in [-0.15, -0.1) is 0 Å². The third-order valence-corrected chi connectivity index (χ3v) is 10.2. The summed E-state index contributed by atoms with van der Waals surface area (Å²) in [5.41, 5.74) is 3.92. The Morgan fingerprint density at radius 2 is 1.41 bits per heavy atom. The van der Waals surface area contributed by atoms with Gasteiger partial charge >= 0.3 is 18.0 Å². The lowest BCUT2D eigenvalue weighted by atomic mass is 9.95. The van der Waals surface area contributed by atoms with Crippen LogP contribution in [-0.2, 0) is 64.0 Å². The highest BCUT2D eigenvalue weighted by molar-refractivity contribution is 5.96. The minimum absolute atomic E-state index is 0.0233. The molecular weight excluding hydrogens is 757 g/mol. The zero-order valence-electron chi connectivity index (χ0n) is 33.8. The normalized spacial score (nSPS) is 15.3. The fraction of sp³-hybridized carbons (Fsp3) is 0.364. The van der Waals surface area contributed by atoms with Gasteiger partial charge in [-0.05, 0) is 56.0 Å². The maximum Gasteiger partial charge on any atom is 0.411 e. The number of para-hydroxylation sites is 2. The van der Waals surface area contributed by atoms with Crippen LogP contribution in [0.1, 0.15) is 56.0 Å². The number of carbonyl (C=O) groups is 6. The summed E-state index contributed by atoms with van der Waals surface area (Å²) in [6.07, 6.45) is 0.847. The quantitative estimate of drug-likeness (QED) is 0.0798. The van der Waals surface area contributed by atoms with E-state index in [1.54, 1.807) is 51.2 Å². The van der Waals surface area contributed by atoms with E-state index >= 15 is 0 Å². The number of benzene rings is 3. The lowest BCUT2D eigenvalue weighted by Gasteiger charge is -2.36. The van der Waals surface area contributed by atoms with Crippen molar-refractivity contribution in [3.63, 3.8) is 0 Å². The van der Waals surface area contributed by atoms with E-state index in [0.29, 0.717) is 5.56 Å².